The van der Waals surface area contributed by atoms with E-state index in [0.29, 0.717) is 13.1 Å². The zero-order valence-electron chi connectivity index (χ0n) is 10.3. The van der Waals surface area contributed by atoms with Gasteiger partial charge in [-0.3, -0.25) is 4.90 Å². The molecule has 18 heavy (non-hydrogen) atoms. The maximum Gasteiger partial charge on any atom is 0.213 e. The first-order chi connectivity index (χ1) is 8.51. The van der Waals surface area contributed by atoms with Crippen LogP contribution in [0.15, 0.2) is 21.2 Å². The molecule has 0 bridgehead atoms. The van der Waals surface area contributed by atoms with Crippen molar-refractivity contribution in [3.05, 3.63) is 22.6 Å². The quantitative estimate of drug-likeness (QED) is 0.836. The van der Waals surface area contributed by atoms with Crippen LogP contribution in [-0.4, -0.2) is 49.6 Å². The van der Waals surface area contributed by atoms with Gasteiger partial charge in [-0.25, -0.2) is 8.42 Å². The smallest absolute Gasteiger partial charge is 0.213 e. The fraction of sp³-hybridized carbons (Fsp3) is 0.636. The molecular weight excluding hydrogens is 320 g/mol. The summed E-state index contributed by atoms with van der Waals surface area (Å²) in [7, 11) is -3.04. The highest BCUT2D eigenvalue weighted by molar-refractivity contribution is 9.10. The maximum absolute atomic E-state index is 11.7. The van der Waals surface area contributed by atoms with Crippen molar-refractivity contribution < 1.29 is 12.8 Å². The molecule has 0 aliphatic carbocycles. The van der Waals surface area contributed by atoms with Crippen LogP contribution in [0.25, 0.3) is 0 Å². The highest BCUT2D eigenvalue weighted by Gasteiger charge is 2.25. The predicted octanol–water partition coefficient (Wildman–Crippen LogP) is 1.51. The van der Waals surface area contributed by atoms with Crippen LogP contribution in [0.4, 0.5) is 0 Å². The number of sulfonamides is 1. The molecule has 1 fully saturated rings. The van der Waals surface area contributed by atoms with Gasteiger partial charge >= 0.3 is 0 Å². The van der Waals surface area contributed by atoms with Crippen molar-refractivity contribution in [2.45, 2.75) is 13.5 Å². The fourth-order valence-corrected chi connectivity index (χ4v) is 3.43. The average molecular weight is 337 g/mol. The molecule has 0 radical (unpaired) electrons. The lowest BCUT2D eigenvalue weighted by molar-refractivity contribution is 0.170. The highest BCUT2D eigenvalue weighted by Crippen LogP contribution is 2.17. The minimum absolute atomic E-state index is 0.179. The number of hydrogen-bond donors (Lipinski definition) is 0. The Labute approximate surface area is 116 Å². The van der Waals surface area contributed by atoms with E-state index in [0.717, 1.165) is 30.1 Å². The maximum atomic E-state index is 11.7. The molecule has 7 heteroatoms. The van der Waals surface area contributed by atoms with Crippen LogP contribution in [0.3, 0.4) is 0 Å². The third kappa shape index (κ3) is 3.34. The Morgan fingerprint density at radius 1 is 1.28 bits per heavy atom. The summed E-state index contributed by atoms with van der Waals surface area (Å²) in [5, 5.41) is 0. The van der Waals surface area contributed by atoms with Crippen LogP contribution in [-0.2, 0) is 16.6 Å². The van der Waals surface area contributed by atoms with Gasteiger partial charge in [0.2, 0.25) is 10.0 Å². The summed E-state index contributed by atoms with van der Waals surface area (Å²) in [5.74, 6) is 1.08. The number of nitrogens with zero attached hydrogens (tertiary/aromatic N) is 2. The molecule has 0 N–H and O–H groups in total. The molecule has 2 rings (SSSR count). The van der Waals surface area contributed by atoms with Gasteiger partial charge in [0.1, 0.15) is 5.76 Å². The molecule has 1 aliphatic rings. The van der Waals surface area contributed by atoms with Crippen LogP contribution >= 0.6 is 15.9 Å². The molecule has 0 saturated carbocycles. The number of piperazine rings is 1. The lowest BCUT2D eigenvalue weighted by Crippen LogP contribution is -2.48. The summed E-state index contributed by atoms with van der Waals surface area (Å²) >= 11 is 3.27. The third-order valence-electron chi connectivity index (χ3n) is 3.10. The first kappa shape index (κ1) is 14.0. The summed E-state index contributed by atoms with van der Waals surface area (Å²) in [4.78, 5) is 2.20. The van der Waals surface area contributed by atoms with E-state index in [1.54, 1.807) is 11.2 Å². The number of rotatable bonds is 4. The Hall–Kier alpha value is -0.370. The van der Waals surface area contributed by atoms with Gasteiger partial charge in [0.25, 0.3) is 0 Å². The van der Waals surface area contributed by atoms with Crippen molar-refractivity contribution >= 4 is 26.0 Å². The van der Waals surface area contributed by atoms with E-state index in [4.69, 9.17) is 4.42 Å². The summed E-state index contributed by atoms with van der Waals surface area (Å²) in [6.07, 6.45) is 0. The number of hydrogen-bond acceptors (Lipinski definition) is 4. The Bertz CT molecular complexity index is 492. The minimum Gasteiger partial charge on any atom is -0.453 e. The Morgan fingerprint density at radius 3 is 2.44 bits per heavy atom. The molecule has 0 spiro atoms. The van der Waals surface area contributed by atoms with Crippen LogP contribution < -0.4 is 0 Å². The van der Waals surface area contributed by atoms with E-state index in [9.17, 15) is 8.42 Å². The van der Waals surface area contributed by atoms with E-state index >= 15 is 0 Å². The highest BCUT2D eigenvalue weighted by atomic mass is 79.9. The van der Waals surface area contributed by atoms with Gasteiger partial charge in [0, 0.05) is 26.2 Å². The van der Waals surface area contributed by atoms with Crippen LogP contribution in [0.1, 0.15) is 12.7 Å². The minimum atomic E-state index is -3.04. The molecule has 5 nitrogen and oxygen atoms in total. The van der Waals surface area contributed by atoms with Gasteiger partial charge in [0.15, 0.2) is 4.67 Å². The van der Waals surface area contributed by atoms with Crippen molar-refractivity contribution in [2.75, 3.05) is 31.9 Å². The second-order valence-electron chi connectivity index (χ2n) is 4.28. The van der Waals surface area contributed by atoms with Gasteiger partial charge < -0.3 is 4.42 Å². The standard InChI is InChI=1S/C11H17BrN2O3S/c1-2-18(15,16)14-7-5-13(6-8-14)9-10-3-4-11(12)17-10/h3-4H,2,5-9H2,1H3. The summed E-state index contributed by atoms with van der Waals surface area (Å²) < 4.78 is 31.2. The molecular formula is C11H17BrN2O3S. The average Bonchev–Trinajstić information content (AvgIpc) is 2.75. The lowest BCUT2D eigenvalue weighted by atomic mass is 10.3. The van der Waals surface area contributed by atoms with E-state index in [1.165, 1.54) is 0 Å². The second kappa shape index (κ2) is 5.73. The van der Waals surface area contributed by atoms with E-state index < -0.39 is 10.0 Å². The second-order valence-corrected chi connectivity index (χ2v) is 7.32. The SMILES string of the molecule is CCS(=O)(=O)N1CCN(Cc2ccc(Br)o2)CC1. The molecule has 1 saturated heterocycles. The first-order valence-electron chi connectivity index (χ1n) is 5.95. The van der Waals surface area contributed by atoms with Gasteiger partial charge in [-0.15, -0.1) is 0 Å². The van der Waals surface area contributed by atoms with Gasteiger partial charge in [-0.05, 0) is 35.0 Å². The van der Waals surface area contributed by atoms with Gasteiger partial charge in [-0.2, -0.15) is 4.31 Å². The Morgan fingerprint density at radius 2 is 1.94 bits per heavy atom. The molecule has 0 atom stereocenters. The Balaban J connectivity index is 1.87. The number of halogens is 1. The molecule has 0 unspecified atom stereocenters. The van der Waals surface area contributed by atoms with Gasteiger partial charge in [0.05, 0.1) is 12.3 Å². The molecule has 0 aromatic carbocycles. The van der Waals surface area contributed by atoms with Crippen molar-refractivity contribution in [3.8, 4) is 0 Å². The fourth-order valence-electron chi connectivity index (χ4n) is 2.01. The molecule has 1 aromatic heterocycles. The number of furan rings is 1. The predicted molar refractivity (Wildman–Crippen MR) is 72.7 cm³/mol. The van der Waals surface area contributed by atoms with E-state index in [-0.39, 0.29) is 5.75 Å². The van der Waals surface area contributed by atoms with Crippen molar-refractivity contribution in [3.63, 3.8) is 0 Å². The molecule has 0 amide bonds. The Kier molecular flexibility index (Phi) is 4.47. The summed E-state index contributed by atoms with van der Waals surface area (Å²) in [6, 6.07) is 3.80. The zero-order valence-corrected chi connectivity index (χ0v) is 12.7. The van der Waals surface area contributed by atoms with Gasteiger partial charge in [-0.1, -0.05) is 0 Å². The topological polar surface area (TPSA) is 53.8 Å². The molecule has 2 heterocycles. The van der Waals surface area contributed by atoms with Crippen LogP contribution in [0.5, 0.6) is 0 Å². The van der Waals surface area contributed by atoms with Crippen molar-refractivity contribution in [1.82, 2.24) is 9.21 Å². The normalized spacial score (nSPS) is 19.2. The first-order valence-corrected chi connectivity index (χ1v) is 8.36. The summed E-state index contributed by atoms with van der Waals surface area (Å²) in [6.45, 7) is 5.04. The molecule has 1 aromatic rings. The largest absolute Gasteiger partial charge is 0.453 e. The molecule has 1 aliphatic heterocycles. The summed E-state index contributed by atoms with van der Waals surface area (Å²) in [5.41, 5.74) is 0. The van der Waals surface area contributed by atoms with E-state index in [1.807, 2.05) is 12.1 Å². The monoisotopic (exact) mass is 336 g/mol. The van der Waals surface area contributed by atoms with Crippen molar-refractivity contribution in [2.24, 2.45) is 0 Å². The zero-order chi connectivity index (χ0) is 13.2. The van der Waals surface area contributed by atoms with E-state index in [2.05, 4.69) is 20.8 Å². The van der Waals surface area contributed by atoms with Crippen LogP contribution in [0, 0.1) is 0 Å². The third-order valence-corrected chi connectivity index (χ3v) is 5.41. The van der Waals surface area contributed by atoms with Crippen LogP contribution in [0.2, 0.25) is 0 Å². The molecule has 102 valence electrons. The van der Waals surface area contributed by atoms with Crippen molar-refractivity contribution in [1.29, 1.82) is 0 Å². The lowest BCUT2D eigenvalue weighted by Gasteiger charge is -2.33.